The van der Waals surface area contributed by atoms with Crippen LogP contribution in [0.5, 0.6) is 11.6 Å². The van der Waals surface area contributed by atoms with Gasteiger partial charge < -0.3 is 10.1 Å². The van der Waals surface area contributed by atoms with Crippen LogP contribution in [0.1, 0.15) is 18.4 Å². The molecule has 13 heteroatoms. The SMILES string of the molecule is CS(=O)(=O)Nc1ccc(Oc2ccc(CN3CCC(N(C(=O)Nc4ccc(F)cc4)c4cccc(F)c4)CC3)cn2)cc1.Cl. The summed E-state index contributed by atoms with van der Waals surface area (Å²) in [6, 6.07) is 21.1. The summed E-state index contributed by atoms with van der Waals surface area (Å²) in [5.74, 6) is 0.0908. The molecule has 0 spiro atoms. The third kappa shape index (κ3) is 9.12. The number of carbonyl (C=O) groups excluding carboxylic acids is 1. The lowest BCUT2D eigenvalue weighted by Crippen LogP contribution is -2.49. The van der Waals surface area contributed by atoms with Gasteiger partial charge in [0.05, 0.1) is 6.26 Å². The number of benzene rings is 3. The predicted octanol–water partition coefficient (Wildman–Crippen LogP) is 6.65. The van der Waals surface area contributed by atoms with E-state index in [0.717, 1.165) is 11.8 Å². The third-order valence-corrected chi connectivity index (χ3v) is 7.51. The predicted molar refractivity (Wildman–Crippen MR) is 169 cm³/mol. The van der Waals surface area contributed by atoms with Gasteiger partial charge in [-0.15, -0.1) is 12.4 Å². The first-order valence-electron chi connectivity index (χ1n) is 13.7. The number of hydrogen-bond donors (Lipinski definition) is 2. The van der Waals surface area contributed by atoms with Crippen LogP contribution in [0.2, 0.25) is 0 Å². The number of nitrogens with zero attached hydrogens (tertiary/aromatic N) is 3. The Morgan fingerprint density at radius 1 is 0.955 bits per heavy atom. The highest BCUT2D eigenvalue weighted by molar-refractivity contribution is 7.92. The molecule has 0 unspecified atom stereocenters. The van der Waals surface area contributed by atoms with Crippen molar-refractivity contribution in [2.45, 2.75) is 25.4 Å². The highest BCUT2D eigenvalue weighted by Crippen LogP contribution is 2.27. The molecular weight excluding hydrogens is 612 g/mol. The van der Waals surface area contributed by atoms with Crippen LogP contribution >= 0.6 is 12.4 Å². The van der Waals surface area contributed by atoms with Gasteiger partial charge in [0.1, 0.15) is 17.4 Å². The van der Waals surface area contributed by atoms with Crippen molar-refractivity contribution in [3.05, 3.63) is 108 Å². The molecule has 0 saturated carbocycles. The lowest BCUT2D eigenvalue weighted by molar-refractivity contribution is 0.199. The van der Waals surface area contributed by atoms with Crippen LogP contribution in [0.25, 0.3) is 0 Å². The van der Waals surface area contributed by atoms with E-state index in [1.807, 2.05) is 6.07 Å². The van der Waals surface area contributed by atoms with Gasteiger partial charge in [-0.2, -0.15) is 0 Å². The molecule has 1 fully saturated rings. The molecule has 0 aliphatic carbocycles. The summed E-state index contributed by atoms with van der Waals surface area (Å²) in [5, 5.41) is 2.81. The minimum absolute atomic E-state index is 0. The molecule has 3 aromatic carbocycles. The number of ether oxygens (including phenoxy) is 1. The van der Waals surface area contributed by atoms with E-state index in [1.165, 1.54) is 36.4 Å². The van der Waals surface area contributed by atoms with Crippen LogP contribution in [-0.2, 0) is 16.6 Å². The molecule has 1 aliphatic rings. The Morgan fingerprint density at radius 3 is 2.25 bits per heavy atom. The van der Waals surface area contributed by atoms with Crippen molar-refractivity contribution in [1.82, 2.24) is 9.88 Å². The molecule has 4 aromatic rings. The van der Waals surface area contributed by atoms with Gasteiger partial charge in [-0.1, -0.05) is 12.1 Å². The molecule has 1 aromatic heterocycles. The summed E-state index contributed by atoms with van der Waals surface area (Å²) in [6.45, 7) is 2.09. The van der Waals surface area contributed by atoms with Gasteiger partial charge >= 0.3 is 6.03 Å². The number of pyridine rings is 1. The number of hydrogen-bond acceptors (Lipinski definition) is 6. The van der Waals surface area contributed by atoms with Gasteiger partial charge in [-0.25, -0.2) is 27.0 Å². The highest BCUT2D eigenvalue weighted by atomic mass is 35.5. The standard InChI is InChI=1S/C31H31F2N5O4S.ClH/c1-43(40,41)36-26-10-12-29(13-11-26)42-30-14-5-22(20-34-30)21-37-17-15-27(16-18-37)38(28-4-2-3-24(33)19-28)31(39)35-25-8-6-23(32)7-9-25;/h2-14,19-20,27,36H,15-18,21H2,1H3,(H,35,39);1H. The maximum Gasteiger partial charge on any atom is 0.326 e. The summed E-state index contributed by atoms with van der Waals surface area (Å²) in [5.41, 5.74) is 2.34. The first-order valence-corrected chi connectivity index (χ1v) is 15.5. The molecule has 0 radical (unpaired) electrons. The summed E-state index contributed by atoms with van der Waals surface area (Å²) < 4.78 is 58.4. The van der Waals surface area contributed by atoms with Gasteiger partial charge in [0.2, 0.25) is 15.9 Å². The second-order valence-electron chi connectivity index (χ2n) is 10.3. The molecule has 44 heavy (non-hydrogen) atoms. The van der Waals surface area contributed by atoms with Crippen LogP contribution < -0.4 is 19.7 Å². The zero-order valence-corrected chi connectivity index (χ0v) is 25.5. The Labute approximate surface area is 261 Å². The van der Waals surface area contributed by atoms with Gasteiger partial charge in [0, 0.05) is 55.0 Å². The Hall–Kier alpha value is -4.26. The number of nitrogens with one attached hydrogen (secondary N) is 2. The molecular formula is C31H32ClF2N5O4S. The Bertz CT molecular complexity index is 1650. The Morgan fingerprint density at radius 2 is 1.64 bits per heavy atom. The molecule has 0 bridgehead atoms. The number of urea groups is 1. The van der Waals surface area contributed by atoms with E-state index in [-0.39, 0.29) is 18.4 Å². The third-order valence-electron chi connectivity index (χ3n) is 6.91. The van der Waals surface area contributed by atoms with E-state index >= 15 is 0 Å². The average Bonchev–Trinajstić information content (AvgIpc) is 2.97. The smallest absolute Gasteiger partial charge is 0.326 e. The summed E-state index contributed by atoms with van der Waals surface area (Å²) >= 11 is 0. The number of rotatable bonds is 9. The minimum Gasteiger partial charge on any atom is -0.439 e. The normalized spacial score (nSPS) is 13.9. The van der Waals surface area contributed by atoms with Crippen LogP contribution in [0.15, 0.2) is 91.1 Å². The van der Waals surface area contributed by atoms with Gasteiger partial charge in [0.15, 0.2) is 0 Å². The van der Waals surface area contributed by atoms with Crippen LogP contribution in [-0.4, -0.2) is 49.7 Å². The lowest BCUT2D eigenvalue weighted by Gasteiger charge is -2.38. The number of likely N-dealkylation sites (tertiary alicyclic amines) is 1. The van der Waals surface area contributed by atoms with Crippen molar-refractivity contribution in [3.63, 3.8) is 0 Å². The first kappa shape index (κ1) is 32.6. The number of halogens is 3. The van der Waals surface area contributed by atoms with E-state index in [2.05, 4.69) is 19.9 Å². The fraction of sp³-hybridized carbons (Fsp3) is 0.226. The van der Waals surface area contributed by atoms with Crippen molar-refractivity contribution in [2.75, 3.05) is 34.3 Å². The van der Waals surface area contributed by atoms with E-state index in [1.54, 1.807) is 53.6 Å². The number of carbonyl (C=O) groups is 1. The van der Waals surface area contributed by atoms with E-state index in [9.17, 15) is 22.0 Å². The number of anilines is 3. The van der Waals surface area contributed by atoms with Crippen molar-refractivity contribution in [1.29, 1.82) is 0 Å². The second kappa shape index (κ2) is 14.5. The van der Waals surface area contributed by atoms with Crippen LogP contribution in [0, 0.1) is 11.6 Å². The molecule has 2 heterocycles. The summed E-state index contributed by atoms with van der Waals surface area (Å²) in [6.07, 6.45) is 4.18. The molecule has 9 nitrogen and oxygen atoms in total. The topological polar surface area (TPSA) is 104 Å². The molecule has 1 aliphatic heterocycles. The van der Waals surface area contributed by atoms with Crippen LogP contribution in [0.4, 0.5) is 30.6 Å². The van der Waals surface area contributed by atoms with Crippen LogP contribution in [0.3, 0.4) is 0 Å². The zero-order valence-electron chi connectivity index (χ0n) is 23.8. The van der Waals surface area contributed by atoms with E-state index in [0.29, 0.717) is 61.2 Å². The largest absolute Gasteiger partial charge is 0.439 e. The Balaban J connectivity index is 0.00000442. The monoisotopic (exact) mass is 643 g/mol. The lowest BCUT2D eigenvalue weighted by atomic mass is 10.0. The molecule has 1 saturated heterocycles. The van der Waals surface area contributed by atoms with E-state index in [4.69, 9.17) is 4.74 Å². The first-order chi connectivity index (χ1) is 20.6. The molecule has 232 valence electrons. The van der Waals surface area contributed by atoms with Gasteiger partial charge in [0.25, 0.3) is 0 Å². The molecule has 2 N–H and O–H groups in total. The maximum atomic E-state index is 14.1. The zero-order chi connectivity index (χ0) is 30.4. The van der Waals surface area contributed by atoms with Crippen molar-refractivity contribution < 1.29 is 26.7 Å². The van der Waals surface area contributed by atoms with Gasteiger partial charge in [-0.3, -0.25) is 14.5 Å². The number of aromatic nitrogens is 1. The van der Waals surface area contributed by atoms with Crippen molar-refractivity contribution in [2.24, 2.45) is 0 Å². The number of sulfonamides is 1. The summed E-state index contributed by atoms with van der Waals surface area (Å²) in [7, 11) is -3.36. The minimum atomic E-state index is -3.36. The maximum absolute atomic E-state index is 14.1. The fourth-order valence-electron chi connectivity index (χ4n) is 4.92. The molecule has 2 amide bonds. The van der Waals surface area contributed by atoms with Crippen molar-refractivity contribution >= 4 is 45.5 Å². The highest BCUT2D eigenvalue weighted by Gasteiger charge is 2.30. The van der Waals surface area contributed by atoms with Gasteiger partial charge in [-0.05, 0) is 85.1 Å². The average molecular weight is 644 g/mol. The number of amides is 2. The summed E-state index contributed by atoms with van der Waals surface area (Å²) in [4.78, 5) is 21.6. The quantitative estimate of drug-likeness (QED) is 0.212. The van der Waals surface area contributed by atoms with Crippen molar-refractivity contribution in [3.8, 4) is 11.6 Å². The fourth-order valence-corrected chi connectivity index (χ4v) is 5.49. The Kier molecular flexibility index (Phi) is 10.7. The second-order valence-corrected chi connectivity index (χ2v) is 12.0. The number of piperidine rings is 1. The molecule has 0 atom stereocenters. The van der Waals surface area contributed by atoms with E-state index < -0.39 is 27.7 Å². The molecule has 5 rings (SSSR count).